The fraction of sp³-hybridized carbons (Fsp3) is 1.00. The Morgan fingerprint density at radius 1 is 0.882 bits per heavy atom. The lowest BCUT2D eigenvalue weighted by Crippen LogP contribution is -2.50. The Bertz CT molecular complexity index is 222. The molecule has 100 valence electrons. The lowest BCUT2D eigenvalue weighted by atomic mass is 10.0. The predicted molar refractivity (Wildman–Crippen MR) is 73.4 cm³/mol. The average molecular weight is 256 g/mol. The van der Waals surface area contributed by atoms with Crippen LogP contribution in [0, 0.1) is 0 Å². The second kappa shape index (κ2) is 6.35. The van der Waals surface area contributed by atoms with E-state index in [1.165, 1.54) is 57.8 Å². The second-order valence-corrected chi connectivity index (χ2v) is 9.45. The van der Waals surface area contributed by atoms with Crippen LogP contribution in [0.3, 0.4) is 0 Å². The summed E-state index contributed by atoms with van der Waals surface area (Å²) in [6.45, 7) is 2.98. The lowest BCUT2D eigenvalue weighted by molar-refractivity contribution is 0.176. The highest BCUT2D eigenvalue weighted by Crippen LogP contribution is 2.49. The molecule has 2 saturated carbocycles. The molecule has 2 nitrogen and oxygen atoms in total. The summed E-state index contributed by atoms with van der Waals surface area (Å²) in [7, 11) is -0.0102. The number of rotatable bonds is 5. The van der Waals surface area contributed by atoms with Crippen LogP contribution in [0.4, 0.5) is 0 Å². The molecule has 1 atom stereocenters. The van der Waals surface area contributed by atoms with Crippen LogP contribution in [0.1, 0.15) is 64.7 Å². The van der Waals surface area contributed by atoms with Crippen molar-refractivity contribution in [2.24, 2.45) is 0 Å². The first-order valence-corrected chi connectivity index (χ1v) is 9.49. The van der Waals surface area contributed by atoms with Crippen LogP contribution in [-0.2, 0) is 8.85 Å². The maximum Gasteiger partial charge on any atom is 0.344 e. The highest BCUT2D eigenvalue weighted by atomic mass is 28.4. The van der Waals surface area contributed by atoms with Crippen LogP contribution < -0.4 is 0 Å². The molecule has 2 fully saturated rings. The van der Waals surface area contributed by atoms with E-state index in [0.717, 1.165) is 17.7 Å². The van der Waals surface area contributed by atoms with Gasteiger partial charge in [-0.05, 0) is 32.6 Å². The van der Waals surface area contributed by atoms with E-state index in [1.807, 2.05) is 7.11 Å². The summed E-state index contributed by atoms with van der Waals surface area (Å²) in [5.41, 5.74) is 1.54. The first-order valence-electron chi connectivity index (χ1n) is 7.52. The summed E-state index contributed by atoms with van der Waals surface area (Å²) in [4.78, 5) is 0. The van der Waals surface area contributed by atoms with E-state index in [4.69, 9.17) is 8.85 Å². The summed E-state index contributed by atoms with van der Waals surface area (Å²) >= 11 is 0. The van der Waals surface area contributed by atoms with Gasteiger partial charge in [-0.25, -0.2) is 0 Å². The topological polar surface area (TPSA) is 18.5 Å². The Morgan fingerprint density at radius 2 is 1.35 bits per heavy atom. The van der Waals surface area contributed by atoms with E-state index in [9.17, 15) is 0 Å². The van der Waals surface area contributed by atoms with Crippen molar-refractivity contribution in [2.45, 2.75) is 75.8 Å². The van der Waals surface area contributed by atoms with Gasteiger partial charge < -0.3 is 8.85 Å². The van der Waals surface area contributed by atoms with Crippen molar-refractivity contribution < 1.29 is 8.85 Å². The van der Waals surface area contributed by atoms with Gasteiger partial charge in [0.25, 0.3) is 0 Å². The normalized spacial score (nSPS) is 27.2. The summed E-state index contributed by atoms with van der Waals surface area (Å²) in [6, 6.07) is 0. The lowest BCUT2D eigenvalue weighted by Gasteiger charge is -2.42. The van der Waals surface area contributed by atoms with Crippen molar-refractivity contribution in [3.8, 4) is 0 Å². The molecule has 0 heterocycles. The minimum Gasteiger partial charge on any atom is -0.397 e. The van der Waals surface area contributed by atoms with E-state index in [-0.39, 0.29) is 0 Å². The monoisotopic (exact) mass is 256 g/mol. The number of hydrogen-bond donors (Lipinski definition) is 0. The summed E-state index contributed by atoms with van der Waals surface area (Å²) in [5, 5.41) is 0. The van der Waals surface area contributed by atoms with Gasteiger partial charge in [-0.3, -0.25) is 0 Å². The maximum absolute atomic E-state index is 6.32. The van der Waals surface area contributed by atoms with Crippen LogP contribution >= 0.6 is 0 Å². The summed E-state index contributed by atoms with van der Waals surface area (Å²) in [5.74, 6) is 0. The molecular formula is C14H28O2Si. The van der Waals surface area contributed by atoms with E-state index < -0.39 is 8.56 Å². The van der Waals surface area contributed by atoms with Crippen LogP contribution in [0.5, 0.6) is 0 Å². The molecule has 0 saturated heterocycles. The number of hydrogen-bond acceptors (Lipinski definition) is 2. The molecular weight excluding hydrogens is 228 g/mol. The molecule has 2 aliphatic carbocycles. The van der Waals surface area contributed by atoms with Gasteiger partial charge in [0.1, 0.15) is 0 Å². The molecule has 0 aliphatic heterocycles. The zero-order chi connectivity index (χ0) is 12.1. The summed E-state index contributed by atoms with van der Waals surface area (Å²) < 4.78 is 12.4. The predicted octanol–water partition coefficient (Wildman–Crippen LogP) is 4.39. The smallest absolute Gasteiger partial charge is 0.344 e. The first kappa shape index (κ1) is 13.6. The molecule has 17 heavy (non-hydrogen) atoms. The highest BCUT2D eigenvalue weighted by molar-refractivity contribution is 6.70. The van der Waals surface area contributed by atoms with Crippen molar-refractivity contribution in [3.05, 3.63) is 0 Å². The first-order chi connectivity index (χ1) is 8.33. The molecule has 0 radical (unpaired) electrons. The fourth-order valence-corrected chi connectivity index (χ4v) is 8.82. The molecule has 2 rings (SSSR count). The molecule has 0 spiro atoms. The Balaban J connectivity index is 2.13. The van der Waals surface area contributed by atoms with Crippen molar-refractivity contribution in [1.29, 1.82) is 0 Å². The largest absolute Gasteiger partial charge is 0.397 e. The zero-order valence-corrected chi connectivity index (χ0v) is 12.5. The molecule has 0 N–H and O–H groups in total. The summed E-state index contributed by atoms with van der Waals surface area (Å²) in [6.07, 6.45) is 12.4. The minimum absolute atomic E-state index is 0.768. The van der Waals surface area contributed by atoms with Crippen LogP contribution in [0.25, 0.3) is 0 Å². The quantitative estimate of drug-likeness (QED) is 0.679. The second-order valence-electron chi connectivity index (χ2n) is 5.67. The molecule has 0 aromatic heterocycles. The molecule has 1 unspecified atom stereocenters. The third kappa shape index (κ3) is 2.77. The van der Waals surface area contributed by atoms with Crippen LogP contribution in [0.2, 0.25) is 11.1 Å². The van der Waals surface area contributed by atoms with E-state index in [2.05, 4.69) is 6.92 Å². The van der Waals surface area contributed by atoms with Gasteiger partial charge in [-0.1, -0.05) is 32.1 Å². The minimum atomic E-state index is -1.94. The SMILES string of the molecule is CCO[Si](OC)(C1CCCCC1)C1CCCC1. The average Bonchev–Trinajstić information content (AvgIpc) is 2.91. The van der Waals surface area contributed by atoms with Crippen LogP contribution in [-0.4, -0.2) is 22.3 Å². The molecule has 2 aliphatic rings. The van der Waals surface area contributed by atoms with Crippen molar-refractivity contribution in [3.63, 3.8) is 0 Å². The van der Waals surface area contributed by atoms with E-state index in [0.29, 0.717) is 0 Å². The van der Waals surface area contributed by atoms with Gasteiger partial charge in [0.15, 0.2) is 0 Å². The van der Waals surface area contributed by atoms with Crippen molar-refractivity contribution >= 4 is 8.56 Å². The Hall–Kier alpha value is 0.137. The van der Waals surface area contributed by atoms with E-state index >= 15 is 0 Å². The van der Waals surface area contributed by atoms with Crippen molar-refractivity contribution in [2.75, 3.05) is 13.7 Å². The third-order valence-electron chi connectivity index (χ3n) is 4.79. The molecule has 0 aromatic rings. The maximum atomic E-state index is 6.32. The van der Waals surface area contributed by atoms with Gasteiger partial charge in [-0.15, -0.1) is 0 Å². The molecule has 0 aromatic carbocycles. The van der Waals surface area contributed by atoms with E-state index in [1.54, 1.807) is 0 Å². The molecule has 0 bridgehead atoms. The fourth-order valence-electron chi connectivity index (χ4n) is 4.02. The van der Waals surface area contributed by atoms with Gasteiger partial charge in [0.05, 0.1) is 0 Å². The zero-order valence-electron chi connectivity index (χ0n) is 11.5. The standard InChI is InChI=1S/C14H28O2Si/c1-3-16-17(15-2,14-11-7-8-12-14)13-9-5-4-6-10-13/h13-14H,3-12H2,1-2H3. The highest BCUT2D eigenvalue weighted by Gasteiger charge is 2.52. The molecule has 0 amide bonds. The van der Waals surface area contributed by atoms with Gasteiger partial charge in [0, 0.05) is 24.8 Å². The van der Waals surface area contributed by atoms with Gasteiger partial charge in [-0.2, -0.15) is 0 Å². The van der Waals surface area contributed by atoms with Gasteiger partial charge >= 0.3 is 8.56 Å². The Morgan fingerprint density at radius 3 is 1.76 bits per heavy atom. The Kier molecular flexibility index (Phi) is 5.06. The van der Waals surface area contributed by atoms with Crippen molar-refractivity contribution in [1.82, 2.24) is 0 Å². The van der Waals surface area contributed by atoms with Crippen LogP contribution in [0.15, 0.2) is 0 Å². The third-order valence-corrected chi connectivity index (χ3v) is 9.60. The molecule has 3 heteroatoms. The van der Waals surface area contributed by atoms with Gasteiger partial charge in [0.2, 0.25) is 0 Å². The Labute approximate surface area is 107 Å².